The van der Waals surface area contributed by atoms with Crippen molar-refractivity contribution in [2.24, 2.45) is 0 Å². The average molecular weight is 476 g/mol. The van der Waals surface area contributed by atoms with E-state index in [0.29, 0.717) is 31.7 Å². The summed E-state index contributed by atoms with van der Waals surface area (Å²) >= 11 is -0.346. The molecular weight excluding hydrogens is 440 g/mol. The Morgan fingerprint density at radius 2 is 0.421 bits per heavy atom. The SMILES string of the molecule is CP(C)C.CP(C)C.CP(C)C.CP(C)C.[Cl][Ru][Cl]. The molecule has 0 heterocycles. The molecule has 0 atom stereocenters. The van der Waals surface area contributed by atoms with E-state index in [1.165, 1.54) is 0 Å². The summed E-state index contributed by atoms with van der Waals surface area (Å²) in [6.45, 7) is 26.8. The van der Waals surface area contributed by atoms with Crippen molar-refractivity contribution in [3.63, 3.8) is 0 Å². The third-order valence-corrected chi connectivity index (χ3v) is 0. The van der Waals surface area contributed by atoms with Crippen LogP contribution in [0.1, 0.15) is 0 Å². The second-order valence-corrected chi connectivity index (χ2v) is 18.8. The van der Waals surface area contributed by atoms with Crippen LogP contribution in [0.4, 0.5) is 0 Å². The van der Waals surface area contributed by atoms with Gasteiger partial charge in [0.15, 0.2) is 0 Å². The van der Waals surface area contributed by atoms with Gasteiger partial charge >= 0.3 is 34.5 Å². The molecule has 0 aromatic heterocycles. The van der Waals surface area contributed by atoms with Crippen LogP contribution in [0.5, 0.6) is 0 Å². The van der Waals surface area contributed by atoms with Gasteiger partial charge in [0, 0.05) is 0 Å². The standard InChI is InChI=1S/4C3H9P.2ClH.Ru/c4*1-4(2)3;;;/h4*1-3H3;2*1H;/q;;;;;;+2/p-2. The van der Waals surface area contributed by atoms with Gasteiger partial charge in [-0.05, 0) is 80.0 Å². The normalized spacial score (nSPS) is 8.74. The summed E-state index contributed by atoms with van der Waals surface area (Å²) in [4.78, 5) is 0. The molecule has 0 rings (SSSR count). The first-order chi connectivity index (χ1) is 8.34. The Morgan fingerprint density at radius 3 is 0.421 bits per heavy atom. The molecule has 0 fully saturated rings. The molecule has 126 valence electrons. The molecule has 0 aromatic carbocycles. The summed E-state index contributed by atoms with van der Waals surface area (Å²) in [6.07, 6.45) is 0. The predicted octanol–water partition coefficient (Wildman–Crippen LogP) is 6.81. The van der Waals surface area contributed by atoms with Crippen molar-refractivity contribution < 1.29 is 15.1 Å². The molecule has 19 heavy (non-hydrogen) atoms. The summed E-state index contributed by atoms with van der Waals surface area (Å²) < 4.78 is 0. The van der Waals surface area contributed by atoms with E-state index in [0.717, 1.165) is 0 Å². The van der Waals surface area contributed by atoms with Gasteiger partial charge in [0.05, 0.1) is 0 Å². The number of halogens is 2. The van der Waals surface area contributed by atoms with Gasteiger partial charge in [-0.25, -0.2) is 0 Å². The molecule has 0 spiro atoms. The zero-order valence-corrected chi connectivity index (χ0v) is 21.7. The van der Waals surface area contributed by atoms with E-state index in [-0.39, 0.29) is 15.1 Å². The molecule has 0 saturated heterocycles. The Kier molecular flexibility index (Phi) is 57.8. The first-order valence-corrected chi connectivity index (χ1v) is 20.8. The van der Waals surface area contributed by atoms with Crippen LogP contribution in [0.25, 0.3) is 0 Å². The Labute approximate surface area is 145 Å². The van der Waals surface area contributed by atoms with Crippen LogP contribution in [-0.2, 0) is 15.1 Å². The number of hydrogen-bond donors (Lipinski definition) is 0. The van der Waals surface area contributed by atoms with Crippen LogP contribution < -0.4 is 0 Å². The van der Waals surface area contributed by atoms with E-state index in [1.807, 2.05) is 0 Å². The fourth-order valence-corrected chi connectivity index (χ4v) is 0. The van der Waals surface area contributed by atoms with Crippen LogP contribution in [0.3, 0.4) is 0 Å². The van der Waals surface area contributed by atoms with Gasteiger partial charge in [-0.15, -0.1) is 31.7 Å². The molecule has 0 aliphatic carbocycles. The van der Waals surface area contributed by atoms with Crippen LogP contribution in [-0.4, -0.2) is 80.0 Å². The van der Waals surface area contributed by atoms with Crippen LogP contribution in [0.15, 0.2) is 0 Å². The molecule has 0 amide bonds. The summed E-state index contributed by atoms with van der Waals surface area (Å²) in [7, 11) is 11.2. The molecule has 0 aromatic rings. The van der Waals surface area contributed by atoms with Crippen molar-refractivity contribution in [2.45, 2.75) is 0 Å². The third kappa shape index (κ3) is 877. The molecule has 0 aliphatic rings. The number of hydrogen-bond acceptors (Lipinski definition) is 0. The van der Waals surface area contributed by atoms with Crippen molar-refractivity contribution in [3.05, 3.63) is 0 Å². The second kappa shape index (κ2) is 32.8. The summed E-state index contributed by atoms with van der Waals surface area (Å²) in [5, 5.41) is 0. The van der Waals surface area contributed by atoms with Gasteiger partial charge < -0.3 is 0 Å². The van der Waals surface area contributed by atoms with Crippen molar-refractivity contribution in [3.8, 4) is 0 Å². The molecule has 0 bridgehead atoms. The first kappa shape index (κ1) is 33.5. The summed E-state index contributed by atoms with van der Waals surface area (Å²) in [6, 6.07) is 0. The predicted molar refractivity (Wildman–Crippen MR) is 110 cm³/mol. The monoisotopic (exact) mass is 476 g/mol. The van der Waals surface area contributed by atoms with Gasteiger partial charge in [0.2, 0.25) is 0 Å². The van der Waals surface area contributed by atoms with Gasteiger partial charge in [-0.3, -0.25) is 0 Å². The zero-order chi connectivity index (χ0) is 17.0. The maximum atomic E-state index is 4.85. The fourth-order valence-electron chi connectivity index (χ4n) is 0. The van der Waals surface area contributed by atoms with Gasteiger partial charge in [-0.2, -0.15) is 0 Å². The van der Waals surface area contributed by atoms with Crippen molar-refractivity contribution in [2.75, 3.05) is 80.0 Å². The van der Waals surface area contributed by atoms with Crippen LogP contribution in [0, 0.1) is 0 Å². The molecule has 0 saturated carbocycles. The van der Waals surface area contributed by atoms with E-state index >= 15 is 0 Å². The quantitative estimate of drug-likeness (QED) is 0.266. The molecule has 0 radical (unpaired) electrons. The van der Waals surface area contributed by atoms with Crippen molar-refractivity contribution in [1.82, 2.24) is 0 Å². The minimum absolute atomic E-state index is 0.346. The second-order valence-electron chi connectivity index (χ2n) is 5.42. The van der Waals surface area contributed by atoms with Gasteiger partial charge in [-0.1, -0.05) is 0 Å². The summed E-state index contributed by atoms with van der Waals surface area (Å²) in [5.74, 6) is 0. The van der Waals surface area contributed by atoms with E-state index in [4.69, 9.17) is 19.4 Å². The first-order valence-electron chi connectivity index (χ1n) is 5.63. The van der Waals surface area contributed by atoms with Crippen molar-refractivity contribution >= 4 is 51.1 Å². The fraction of sp³-hybridized carbons (Fsp3) is 1.00. The van der Waals surface area contributed by atoms with Crippen LogP contribution in [0.2, 0.25) is 0 Å². The molecule has 0 N–H and O–H groups in total. The number of rotatable bonds is 0. The molecule has 0 aliphatic heterocycles. The molecule has 0 nitrogen and oxygen atoms in total. The third-order valence-electron chi connectivity index (χ3n) is 0. The Hall–Kier alpha value is 2.92. The van der Waals surface area contributed by atoms with Crippen LogP contribution >= 0.6 is 51.1 Å². The maximum absolute atomic E-state index is 4.85. The minimum atomic E-state index is -0.346. The average Bonchev–Trinajstić information content (AvgIpc) is 1.97. The molecule has 0 unspecified atom stereocenters. The van der Waals surface area contributed by atoms with E-state index in [1.54, 1.807) is 0 Å². The van der Waals surface area contributed by atoms with Gasteiger partial charge in [0.25, 0.3) is 0 Å². The Balaban J connectivity index is -0.0000000432. The molecule has 7 heteroatoms. The van der Waals surface area contributed by atoms with E-state index in [9.17, 15) is 0 Å². The summed E-state index contributed by atoms with van der Waals surface area (Å²) in [5.41, 5.74) is 0. The van der Waals surface area contributed by atoms with E-state index in [2.05, 4.69) is 80.0 Å². The van der Waals surface area contributed by atoms with Crippen molar-refractivity contribution in [1.29, 1.82) is 0 Å². The van der Waals surface area contributed by atoms with Gasteiger partial charge in [0.1, 0.15) is 0 Å². The Morgan fingerprint density at radius 1 is 0.421 bits per heavy atom. The topological polar surface area (TPSA) is 0 Å². The Bertz CT molecular complexity index is 80.9. The zero-order valence-electron chi connectivity index (χ0n) is 14.9. The molecular formula is C12H36Cl2P4Ru. The van der Waals surface area contributed by atoms with E-state index < -0.39 is 0 Å².